The number of aromatic nitrogens is 1. The second kappa shape index (κ2) is 5.43. The summed E-state index contributed by atoms with van der Waals surface area (Å²) in [5, 5.41) is 17.2. The van der Waals surface area contributed by atoms with Gasteiger partial charge in [-0.25, -0.2) is 0 Å². The van der Waals surface area contributed by atoms with Crippen LogP contribution in [0.3, 0.4) is 0 Å². The molecule has 0 bridgehead atoms. The summed E-state index contributed by atoms with van der Waals surface area (Å²) in [6.45, 7) is 0. The van der Waals surface area contributed by atoms with Crippen molar-refractivity contribution >= 4 is 38.1 Å². The van der Waals surface area contributed by atoms with Crippen molar-refractivity contribution < 1.29 is 4.92 Å². The Kier molecular flexibility index (Phi) is 3.06. The van der Waals surface area contributed by atoms with Crippen LogP contribution in [0.5, 0.6) is 0 Å². The molecule has 4 heteroatoms. The molecular weight excluding hydrogens is 324 g/mol. The zero-order valence-electron chi connectivity index (χ0n) is 13.8. The van der Waals surface area contributed by atoms with Crippen LogP contribution < -0.4 is 0 Å². The zero-order valence-corrected chi connectivity index (χ0v) is 13.8. The number of rotatable bonds is 2. The first-order valence-electron chi connectivity index (χ1n) is 8.40. The Morgan fingerprint density at radius 2 is 1.15 bits per heavy atom. The van der Waals surface area contributed by atoms with Gasteiger partial charge in [0.2, 0.25) is 0 Å². The Labute approximate surface area is 149 Å². The van der Waals surface area contributed by atoms with Crippen molar-refractivity contribution in [3.8, 4) is 5.69 Å². The Bertz CT molecular complexity index is 1320. The SMILES string of the molecule is O=[N+]([O-])c1ccccc1-n1ccc2c3ccccc3c3ccccc3c21. The van der Waals surface area contributed by atoms with Gasteiger partial charge in [0.15, 0.2) is 0 Å². The fraction of sp³-hybridized carbons (Fsp3) is 0. The van der Waals surface area contributed by atoms with E-state index in [1.54, 1.807) is 18.2 Å². The van der Waals surface area contributed by atoms with Crippen LogP contribution in [0.15, 0.2) is 85.1 Å². The van der Waals surface area contributed by atoms with Gasteiger partial charge >= 0.3 is 0 Å². The molecule has 26 heavy (non-hydrogen) atoms. The molecule has 0 saturated carbocycles. The Balaban J connectivity index is 2.01. The average Bonchev–Trinajstić information content (AvgIpc) is 3.13. The summed E-state index contributed by atoms with van der Waals surface area (Å²) < 4.78 is 1.93. The smallest absolute Gasteiger partial charge is 0.293 e. The van der Waals surface area contributed by atoms with Gasteiger partial charge in [-0.05, 0) is 28.3 Å². The van der Waals surface area contributed by atoms with E-state index in [4.69, 9.17) is 0 Å². The zero-order chi connectivity index (χ0) is 17.7. The van der Waals surface area contributed by atoms with E-state index in [2.05, 4.69) is 24.3 Å². The number of hydrogen-bond donors (Lipinski definition) is 0. The number of benzene rings is 4. The van der Waals surface area contributed by atoms with Crippen molar-refractivity contribution in [3.05, 3.63) is 95.2 Å². The molecule has 0 unspecified atom stereocenters. The first-order chi connectivity index (χ1) is 12.8. The lowest BCUT2D eigenvalue weighted by molar-refractivity contribution is -0.384. The summed E-state index contributed by atoms with van der Waals surface area (Å²) in [6, 6.07) is 25.4. The van der Waals surface area contributed by atoms with Crippen LogP contribution in [-0.2, 0) is 0 Å². The molecule has 1 heterocycles. The van der Waals surface area contributed by atoms with E-state index in [1.807, 2.05) is 47.2 Å². The maximum Gasteiger partial charge on any atom is 0.293 e. The highest BCUT2D eigenvalue weighted by molar-refractivity contribution is 6.24. The van der Waals surface area contributed by atoms with Gasteiger partial charge in [-0.2, -0.15) is 0 Å². The minimum atomic E-state index is -0.329. The van der Waals surface area contributed by atoms with E-state index < -0.39 is 0 Å². The number of para-hydroxylation sites is 2. The van der Waals surface area contributed by atoms with E-state index in [0.717, 1.165) is 27.1 Å². The molecule has 0 atom stereocenters. The summed E-state index contributed by atoms with van der Waals surface area (Å²) in [4.78, 5) is 11.2. The molecular formula is C22H14N2O2. The largest absolute Gasteiger partial charge is 0.310 e. The van der Waals surface area contributed by atoms with Crippen LogP contribution in [0.2, 0.25) is 0 Å². The molecule has 5 rings (SSSR count). The molecule has 0 saturated heterocycles. The maximum absolute atomic E-state index is 11.5. The average molecular weight is 338 g/mol. The molecule has 0 N–H and O–H groups in total. The van der Waals surface area contributed by atoms with Crippen LogP contribution in [0.25, 0.3) is 38.1 Å². The summed E-state index contributed by atoms with van der Waals surface area (Å²) >= 11 is 0. The van der Waals surface area contributed by atoms with Crippen molar-refractivity contribution in [1.82, 2.24) is 4.57 Å². The van der Waals surface area contributed by atoms with Gasteiger partial charge in [-0.1, -0.05) is 60.7 Å². The van der Waals surface area contributed by atoms with Gasteiger partial charge < -0.3 is 4.57 Å². The van der Waals surface area contributed by atoms with E-state index in [-0.39, 0.29) is 10.6 Å². The maximum atomic E-state index is 11.5. The summed E-state index contributed by atoms with van der Waals surface area (Å²) in [6.07, 6.45) is 1.92. The van der Waals surface area contributed by atoms with Gasteiger partial charge in [0, 0.05) is 23.0 Å². The number of nitrogens with zero attached hydrogens (tertiary/aromatic N) is 2. The molecule has 0 aliphatic carbocycles. The Morgan fingerprint density at radius 1 is 0.654 bits per heavy atom. The third-order valence-corrected chi connectivity index (χ3v) is 4.91. The predicted molar refractivity (Wildman–Crippen MR) is 105 cm³/mol. The minimum Gasteiger partial charge on any atom is -0.310 e. The molecule has 0 aliphatic rings. The monoisotopic (exact) mass is 338 g/mol. The number of nitro groups is 1. The van der Waals surface area contributed by atoms with E-state index >= 15 is 0 Å². The summed E-state index contributed by atoms with van der Waals surface area (Å²) in [7, 11) is 0. The number of hydrogen-bond acceptors (Lipinski definition) is 2. The topological polar surface area (TPSA) is 48.1 Å². The quantitative estimate of drug-likeness (QED) is 0.230. The summed E-state index contributed by atoms with van der Waals surface area (Å²) in [5.41, 5.74) is 1.67. The highest BCUT2D eigenvalue weighted by Gasteiger charge is 2.18. The van der Waals surface area contributed by atoms with Gasteiger partial charge in [-0.15, -0.1) is 0 Å². The molecule has 0 aliphatic heterocycles. The second-order valence-corrected chi connectivity index (χ2v) is 6.29. The molecule has 124 valence electrons. The highest BCUT2D eigenvalue weighted by Crippen LogP contribution is 2.37. The van der Waals surface area contributed by atoms with Crippen LogP contribution >= 0.6 is 0 Å². The third kappa shape index (κ3) is 1.96. The van der Waals surface area contributed by atoms with E-state index in [9.17, 15) is 10.1 Å². The fourth-order valence-electron chi connectivity index (χ4n) is 3.82. The lowest BCUT2D eigenvalue weighted by Gasteiger charge is -2.11. The minimum absolute atomic E-state index is 0.0993. The van der Waals surface area contributed by atoms with Crippen LogP contribution in [0, 0.1) is 10.1 Å². The Morgan fingerprint density at radius 3 is 1.81 bits per heavy atom. The standard InChI is InChI=1S/C22H14N2O2/c25-24(26)21-12-6-5-11-20(21)23-14-13-19-17-9-2-1-7-15(17)16-8-3-4-10-18(16)22(19)23/h1-14H. The highest BCUT2D eigenvalue weighted by atomic mass is 16.6. The summed E-state index contributed by atoms with van der Waals surface area (Å²) in [5.74, 6) is 0. The second-order valence-electron chi connectivity index (χ2n) is 6.29. The molecule has 0 spiro atoms. The Hall–Kier alpha value is -3.66. The number of nitro benzene ring substituents is 1. The lowest BCUT2D eigenvalue weighted by atomic mass is 9.98. The van der Waals surface area contributed by atoms with E-state index in [1.165, 1.54) is 5.39 Å². The van der Waals surface area contributed by atoms with Crippen LogP contribution in [-0.4, -0.2) is 9.49 Å². The molecule has 0 radical (unpaired) electrons. The number of fused-ring (bicyclic) bond motifs is 6. The van der Waals surface area contributed by atoms with Gasteiger partial charge in [0.25, 0.3) is 5.69 Å². The first-order valence-corrected chi connectivity index (χ1v) is 8.40. The lowest BCUT2D eigenvalue weighted by Crippen LogP contribution is -1.99. The molecule has 0 fully saturated rings. The molecule has 4 nitrogen and oxygen atoms in total. The molecule has 1 aromatic heterocycles. The van der Waals surface area contributed by atoms with Crippen molar-refractivity contribution in [3.63, 3.8) is 0 Å². The van der Waals surface area contributed by atoms with Gasteiger partial charge in [-0.3, -0.25) is 10.1 Å². The fourth-order valence-corrected chi connectivity index (χ4v) is 3.82. The van der Waals surface area contributed by atoms with Crippen molar-refractivity contribution in [2.75, 3.05) is 0 Å². The van der Waals surface area contributed by atoms with Gasteiger partial charge in [0.1, 0.15) is 5.69 Å². The third-order valence-electron chi connectivity index (χ3n) is 4.91. The van der Waals surface area contributed by atoms with Crippen LogP contribution in [0.4, 0.5) is 5.69 Å². The molecule has 4 aromatic carbocycles. The molecule has 5 aromatic rings. The van der Waals surface area contributed by atoms with E-state index in [0.29, 0.717) is 5.69 Å². The molecule has 0 amide bonds. The van der Waals surface area contributed by atoms with Gasteiger partial charge in [0.05, 0.1) is 10.4 Å². The first kappa shape index (κ1) is 14.7. The van der Waals surface area contributed by atoms with Crippen LogP contribution in [0.1, 0.15) is 0 Å². The normalized spacial score (nSPS) is 11.4. The predicted octanol–water partition coefficient (Wildman–Crippen LogP) is 5.85. The van der Waals surface area contributed by atoms with Crippen molar-refractivity contribution in [2.45, 2.75) is 0 Å². The van der Waals surface area contributed by atoms with Crippen molar-refractivity contribution in [1.29, 1.82) is 0 Å². The van der Waals surface area contributed by atoms with Crippen molar-refractivity contribution in [2.24, 2.45) is 0 Å².